The van der Waals surface area contributed by atoms with Crippen LogP contribution in [-0.4, -0.2) is 37.6 Å². The Labute approximate surface area is 259 Å². The normalized spacial score (nSPS) is 12.8. The van der Waals surface area contributed by atoms with Gasteiger partial charge in [0.25, 0.3) is 0 Å². The van der Waals surface area contributed by atoms with Crippen LogP contribution < -0.4 is 19.7 Å². The number of nitrogens with one attached hydrogen (secondary N) is 1. The molecule has 0 unspecified atom stereocenters. The van der Waals surface area contributed by atoms with Crippen molar-refractivity contribution in [2.45, 2.75) is 104 Å². The lowest BCUT2D eigenvalue weighted by Crippen LogP contribution is -2.37. The number of carbonyl (C=O) groups is 1. The van der Waals surface area contributed by atoms with Gasteiger partial charge in [-0.3, -0.25) is 4.90 Å². The number of methoxy groups -OCH3 is 1. The zero-order valence-electron chi connectivity index (χ0n) is 26.5. The summed E-state index contributed by atoms with van der Waals surface area (Å²) in [4.78, 5) is 18.4. The van der Waals surface area contributed by atoms with Crippen molar-refractivity contribution in [1.82, 2.24) is 10.2 Å². The highest BCUT2D eigenvalue weighted by molar-refractivity contribution is 8.03. The predicted molar refractivity (Wildman–Crippen MR) is 178 cm³/mol. The molecule has 0 aliphatic carbocycles. The fourth-order valence-corrected chi connectivity index (χ4v) is 6.08. The zero-order chi connectivity index (χ0) is 30.0. The Morgan fingerprint density at radius 2 is 1.60 bits per heavy atom. The van der Waals surface area contributed by atoms with Crippen molar-refractivity contribution >= 4 is 23.5 Å². The van der Waals surface area contributed by atoms with E-state index in [0.717, 1.165) is 41.6 Å². The summed E-state index contributed by atoms with van der Waals surface area (Å²) in [6, 6.07) is 14.0. The van der Waals surface area contributed by atoms with E-state index in [4.69, 9.17) is 9.47 Å². The second kappa shape index (κ2) is 19.4. The standard InChI is InChI=1S/C35H53N3O3S/c1-5-6-7-8-9-10-11-12-13-14-15-16-22-41-34-24-31(20-21-33(34)40-4)27-38(35(39)36-3)32-19-17-18-30(23-32)26-37-25-29(2)42-28-37/h17-21,23-25H,5-16,22,26-28H2,1-4H3,(H,36,39). The van der Waals surface area contributed by atoms with Gasteiger partial charge < -0.3 is 19.7 Å². The average molecular weight is 596 g/mol. The minimum Gasteiger partial charge on any atom is -0.493 e. The molecule has 1 aliphatic heterocycles. The van der Waals surface area contributed by atoms with E-state index in [2.05, 4.69) is 42.4 Å². The van der Waals surface area contributed by atoms with E-state index in [9.17, 15) is 4.79 Å². The number of anilines is 1. The van der Waals surface area contributed by atoms with Crippen LogP contribution in [-0.2, 0) is 13.1 Å². The topological polar surface area (TPSA) is 54.0 Å². The number of thioether (sulfide) groups is 1. The molecule has 0 saturated carbocycles. The molecule has 1 heterocycles. The number of hydrogen-bond acceptors (Lipinski definition) is 5. The number of rotatable bonds is 20. The minimum absolute atomic E-state index is 0.144. The van der Waals surface area contributed by atoms with Crippen LogP contribution in [0.2, 0.25) is 0 Å². The summed E-state index contributed by atoms with van der Waals surface area (Å²) >= 11 is 1.85. The number of urea groups is 1. The highest BCUT2D eigenvalue weighted by Crippen LogP contribution is 2.31. The Morgan fingerprint density at radius 1 is 0.905 bits per heavy atom. The van der Waals surface area contributed by atoms with E-state index in [1.165, 1.54) is 81.1 Å². The number of unbranched alkanes of at least 4 members (excludes halogenated alkanes) is 11. The summed E-state index contributed by atoms with van der Waals surface area (Å²) in [7, 11) is 3.34. The molecule has 3 rings (SSSR count). The number of carbonyl (C=O) groups excluding carboxylic acids is 1. The van der Waals surface area contributed by atoms with Crippen molar-refractivity contribution in [3.8, 4) is 11.5 Å². The summed E-state index contributed by atoms with van der Waals surface area (Å²) in [5.74, 6) is 2.42. The van der Waals surface area contributed by atoms with Crippen LogP contribution in [0.25, 0.3) is 0 Å². The van der Waals surface area contributed by atoms with Gasteiger partial charge in [0.05, 0.1) is 26.1 Å². The van der Waals surface area contributed by atoms with Crippen LogP contribution in [0.15, 0.2) is 53.6 Å². The van der Waals surface area contributed by atoms with Gasteiger partial charge in [0.1, 0.15) is 0 Å². The largest absolute Gasteiger partial charge is 0.493 e. The Hall–Kier alpha value is -2.80. The van der Waals surface area contributed by atoms with Crippen LogP contribution in [0.5, 0.6) is 11.5 Å². The van der Waals surface area contributed by atoms with Crippen LogP contribution in [0.4, 0.5) is 10.5 Å². The first kappa shape index (κ1) is 33.7. The Kier molecular flexibility index (Phi) is 15.6. The van der Waals surface area contributed by atoms with Crippen molar-refractivity contribution < 1.29 is 14.3 Å². The Morgan fingerprint density at radius 3 is 2.21 bits per heavy atom. The molecular formula is C35H53N3O3S. The lowest BCUT2D eigenvalue weighted by molar-refractivity contribution is 0.248. The summed E-state index contributed by atoms with van der Waals surface area (Å²) in [6.45, 7) is 6.33. The maximum absolute atomic E-state index is 13.0. The zero-order valence-corrected chi connectivity index (χ0v) is 27.3. The molecule has 0 atom stereocenters. The molecule has 0 saturated heterocycles. The molecule has 1 N–H and O–H groups in total. The average Bonchev–Trinajstić information content (AvgIpc) is 3.42. The third-order valence-electron chi connectivity index (χ3n) is 7.71. The van der Waals surface area contributed by atoms with E-state index in [0.29, 0.717) is 13.2 Å². The third kappa shape index (κ3) is 11.8. The van der Waals surface area contributed by atoms with Crippen LogP contribution in [0, 0.1) is 0 Å². The quantitative estimate of drug-likeness (QED) is 0.155. The molecule has 6 nitrogen and oxygen atoms in total. The SMILES string of the molecule is CCCCCCCCCCCCCCOc1cc(CN(C(=O)NC)c2cccc(CN3C=C(C)SC3)c2)ccc1OC. The van der Waals surface area contributed by atoms with Crippen molar-refractivity contribution in [1.29, 1.82) is 0 Å². The number of allylic oxidation sites excluding steroid dienone is 1. The maximum Gasteiger partial charge on any atom is 0.321 e. The smallest absolute Gasteiger partial charge is 0.321 e. The summed E-state index contributed by atoms with van der Waals surface area (Å²) < 4.78 is 11.8. The molecule has 42 heavy (non-hydrogen) atoms. The number of hydrogen-bond donors (Lipinski definition) is 1. The second-order valence-electron chi connectivity index (χ2n) is 11.3. The molecule has 1 aliphatic rings. The van der Waals surface area contributed by atoms with Crippen LogP contribution >= 0.6 is 11.8 Å². The molecule has 0 radical (unpaired) electrons. The molecule has 7 heteroatoms. The van der Waals surface area contributed by atoms with E-state index >= 15 is 0 Å². The monoisotopic (exact) mass is 595 g/mol. The van der Waals surface area contributed by atoms with Gasteiger partial charge in [-0.1, -0.05) is 95.8 Å². The van der Waals surface area contributed by atoms with E-state index < -0.39 is 0 Å². The van der Waals surface area contributed by atoms with E-state index in [1.807, 2.05) is 42.1 Å². The fourth-order valence-electron chi connectivity index (χ4n) is 5.32. The molecule has 0 bridgehead atoms. The van der Waals surface area contributed by atoms with Crippen LogP contribution in [0.3, 0.4) is 0 Å². The molecule has 0 fully saturated rings. The lowest BCUT2D eigenvalue weighted by Gasteiger charge is -2.24. The van der Waals surface area contributed by atoms with Gasteiger partial charge in [0.2, 0.25) is 0 Å². The summed E-state index contributed by atoms with van der Waals surface area (Å²) in [5.41, 5.74) is 3.03. The molecule has 0 aromatic heterocycles. The highest BCUT2D eigenvalue weighted by atomic mass is 32.2. The summed E-state index contributed by atoms with van der Waals surface area (Å²) in [6.07, 6.45) is 18.0. The predicted octanol–water partition coefficient (Wildman–Crippen LogP) is 9.49. The first-order valence-corrected chi connectivity index (χ1v) is 17.0. The Bertz CT molecular complexity index is 1110. The highest BCUT2D eigenvalue weighted by Gasteiger charge is 2.18. The van der Waals surface area contributed by atoms with Crippen molar-refractivity contribution in [3.05, 3.63) is 64.7 Å². The number of ether oxygens (including phenoxy) is 2. The van der Waals surface area contributed by atoms with E-state index in [1.54, 1.807) is 19.1 Å². The second-order valence-corrected chi connectivity index (χ2v) is 12.5. The minimum atomic E-state index is -0.144. The van der Waals surface area contributed by atoms with Crippen LogP contribution in [0.1, 0.15) is 102 Å². The number of nitrogens with zero attached hydrogens (tertiary/aromatic N) is 2. The van der Waals surface area contributed by atoms with Crippen molar-refractivity contribution in [2.75, 3.05) is 31.5 Å². The number of amides is 2. The Balaban J connectivity index is 1.49. The van der Waals surface area contributed by atoms with Gasteiger partial charge in [-0.2, -0.15) is 0 Å². The van der Waals surface area contributed by atoms with Gasteiger partial charge in [-0.15, -0.1) is 11.8 Å². The van der Waals surface area contributed by atoms with Gasteiger partial charge >= 0.3 is 6.03 Å². The van der Waals surface area contributed by atoms with Gasteiger partial charge in [0, 0.05) is 25.5 Å². The fraction of sp³-hybridized carbons (Fsp3) is 0.571. The molecule has 2 aromatic rings. The van der Waals surface area contributed by atoms with Crippen molar-refractivity contribution in [2.24, 2.45) is 0 Å². The van der Waals surface area contributed by atoms with E-state index in [-0.39, 0.29) is 6.03 Å². The lowest BCUT2D eigenvalue weighted by atomic mass is 10.1. The molecule has 2 aromatic carbocycles. The maximum atomic E-state index is 13.0. The first-order valence-electron chi connectivity index (χ1n) is 16.0. The van der Waals surface area contributed by atoms with Gasteiger partial charge in [-0.25, -0.2) is 4.79 Å². The van der Waals surface area contributed by atoms with Gasteiger partial charge in [-0.05, 0) is 53.6 Å². The molecule has 0 spiro atoms. The van der Waals surface area contributed by atoms with Crippen molar-refractivity contribution in [3.63, 3.8) is 0 Å². The third-order valence-corrected chi connectivity index (χ3v) is 8.74. The number of benzene rings is 2. The molecule has 232 valence electrons. The van der Waals surface area contributed by atoms with Gasteiger partial charge in [0.15, 0.2) is 11.5 Å². The summed E-state index contributed by atoms with van der Waals surface area (Å²) in [5, 5.41) is 2.81. The molecular weight excluding hydrogens is 542 g/mol. The molecule has 2 amide bonds. The first-order chi connectivity index (χ1) is 20.5.